The van der Waals surface area contributed by atoms with Crippen LogP contribution in [0.25, 0.3) is 10.9 Å². The van der Waals surface area contributed by atoms with Crippen LogP contribution in [-0.4, -0.2) is 4.98 Å². The van der Waals surface area contributed by atoms with Crippen molar-refractivity contribution in [1.29, 1.82) is 0 Å². The monoisotopic (exact) mass is 230 g/mol. The van der Waals surface area contributed by atoms with Crippen molar-refractivity contribution in [3.8, 4) is 0 Å². The molecule has 0 bridgehead atoms. The second-order valence-corrected chi connectivity index (χ2v) is 4.21. The van der Waals surface area contributed by atoms with E-state index in [4.69, 9.17) is 5.73 Å². The first-order valence-corrected chi connectivity index (χ1v) is 6.14. The van der Waals surface area contributed by atoms with Gasteiger partial charge >= 0.3 is 0 Å². The summed E-state index contributed by atoms with van der Waals surface area (Å²) in [6, 6.07) is 4.23. The van der Waals surface area contributed by atoms with Crippen LogP contribution in [-0.2, 0) is 0 Å². The summed E-state index contributed by atoms with van der Waals surface area (Å²) < 4.78 is 0. The molecule has 0 saturated heterocycles. The molecule has 2 heteroatoms. The predicted molar refractivity (Wildman–Crippen MR) is 76.5 cm³/mol. The molecule has 2 N–H and O–H groups in total. The van der Waals surface area contributed by atoms with Crippen LogP contribution in [0.15, 0.2) is 12.1 Å². The molecule has 0 aliphatic heterocycles. The topological polar surface area (TPSA) is 38.9 Å². The minimum atomic E-state index is 0.861. The van der Waals surface area contributed by atoms with E-state index in [-0.39, 0.29) is 0 Å². The van der Waals surface area contributed by atoms with Crippen molar-refractivity contribution in [3.63, 3.8) is 0 Å². The Bertz CT molecular complexity index is 542. The maximum atomic E-state index is 6.01. The van der Waals surface area contributed by atoms with Gasteiger partial charge in [-0.2, -0.15) is 0 Å². The molecule has 0 unspecified atom stereocenters. The van der Waals surface area contributed by atoms with Crippen molar-refractivity contribution in [3.05, 3.63) is 34.5 Å². The molecular formula is C15H22N2. The number of aromatic nitrogens is 1. The highest BCUT2D eigenvalue weighted by Crippen LogP contribution is 2.27. The second-order valence-electron chi connectivity index (χ2n) is 4.21. The Morgan fingerprint density at radius 1 is 0.941 bits per heavy atom. The van der Waals surface area contributed by atoms with Gasteiger partial charge in [0.15, 0.2) is 0 Å². The SMILES string of the molecule is CC.Cc1cc(C)c2cc(C)c(N)c(C)c2n1. The van der Waals surface area contributed by atoms with Gasteiger partial charge in [0.1, 0.15) is 0 Å². The minimum absolute atomic E-state index is 0.861. The molecular weight excluding hydrogens is 208 g/mol. The molecule has 1 heterocycles. The lowest BCUT2D eigenvalue weighted by Crippen LogP contribution is -1.98. The molecule has 1 aromatic heterocycles. The Morgan fingerprint density at radius 2 is 1.53 bits per heavy atom. The molecule has 2 nitrogen and oxygen atoms in total. The number of nitrogens with zero attached hydrogens (tertiary/aromatic N) is 1. The molecule has 1 aromatic carbocycles. The quantitative estimate of drug-likeness (QED) is 0.693. The average molecular weight is 230 g/mol. The molecule has 92 valence electrons. The van der Waals surface area contributed by atoms with Crippen molar-refractivity contribution in [1.82, 2.24) is 4.98 Å². The van der Waals surface area contributed by atoms with Gasteiger partial charge in [-0.25, -0.2) is 0 Å². The molecule has 2 aromatic rings. The molecule has 0 radical (unpaired) electrons. The Kier molecular flexibility index (Phi) is 4.11. The van der Waals surface area contributed by atoms with Gasteiger partial charge in [0, 0.05) is 16.8 Å². The summed E-state index contributed by atoms with van der Waals surface area (Å²) >= 11 is 0. The third-order valence-electron chi connectivity index (χ3n) is 2.94. The highest BCUT2D eigenvalue weighted by Gasteiger charge is 2.08. The number of pyridine rings is 1. The number of anilines is 1. The second kappa shape index (κ2) is 5.17. The fraction of sp³-hybridized carbons (Fsp3) is 0.400. The van der Waals surface area contributed by atoms with Gasteiger partial charge in [-0.3, -0.25) is 4.98 Å². The fourth-order valence-corrected chi connectivity index (χ4v) is 2.03. The van der Waals surface area contributed by atoms with Gasteiger partial charge < -0.3 is 5.73 Å². The average Bonchev–Trinajstić information content (AvgIpc) is 2.31. The number of rotatable bonds is 0. The summed E-state index contributed by atoms with van der Waals surface area (Å²) in [7, 11) is 0. The maximum Gasteiger partial charge on any atom is 0.0757 e. The van der Waals surface area contributed by atoms with E-state index in [9.17, 15) is 0 Å². The molecule has 2 rings (SSSR count). The molecule has 0 spiro atoms. The van der Waals surface area contributed by atoms with E-state index in [0.29, 0.717) is 0 Å². The molecule has 0 fully saturated rings. The predicted octanol–water partition coefficient (Wildman–Crippen LogP) is 4.08. The largest absolute Gasteiger partial charge is 0.398 e. The number of benzene rings is 1. The fourth-order valence-electron chi connectivity index (χ4n) is 2.03. The first-order chi connectivity index (χ1) is 8.00. The summed E-state index contributed by atoms with van der Waals surface area (Å²) in [6.45, 7) is 12.2. The lowest BCUT2D eigenvalue weighted by molar-refractivity contribution is 1.22. The number of aryl methyl sites for hydroxylation is 4. The third kappa shape index (κ3) is 2.41. The number of nitrogen functional groups attached to an aromatic ring is 1. The van der Waals surface area contributed by atoms with E-state index in [2.05, 4.69) is 24.0 Å². The van der Waals surface area contributed by atoms with Crippen LogP contribution < -0.4 is 5.73 Å². The van der Waals surface area contributed by atoms with Crippen molar-refractivity contribution in [2.24, 2.45) is 0 Å². The Balaban J connectivity index is 0.000000686. The Hall–Kier alpha value is -1.57. The zero-order valence-corrected chi connectivity index (χ0v) is 11.7. The molecule has 0 atom stereocenters. The normalized spacial score (nSPS) is 10.0. The van der Waals surface area contributed by atoms with Crippen molar-refractivity contribution in [2.45, 2.75) is 41.5 Å². The van der Waals surface area contributed by atoms with E-state index in [1.165, 1.54) is 10.9 Å². The van der Waals surface area contributed by atoms with Crippen LogP contribution >= 0.6 is 0 Å². The van der Waals surface area contributed by atoms with E-state index >= 15 is 0 Å². The molecule has 0 amide bonds. The maximum absolute atomic E-state index is 6.01. The highest BCUT2D eigenvalue weighted by molar-refractivity contribution is 5.90. The number of hydrogen-bond acceptors (Lipinski definition) is 2. The Morgan fingerprint density at radius 3 is 2.12 bits per heavy atom. The highest BCUT2D eigenvalue weighted by atomic mass is 14.7. The summed E-state index contributed by atoms with van der Waals surface area (Å²) in [6.07, 6.45) is 0. The third-order valence-corrected chi connectivity index (χ3v) is 2.94. The summed E-state index contributed by atoms with van der Waals surface area (Å²) in [5, 5.41) is 1.21. The summed E-state index contributed by atoms with van der Waals surface area (Å²) in [5.74, 6) is 0. The zero-order valence-electron chi connectivity index (χ0n) is 11.7. The van der Waals surface area contributed by atoms with Crippen LogP contribution in [0, 0.1) is 27.7 Å². The molecule has 17 heavy (non-hydrogen) atoms. The van der Waals surface area contributed by atoms with Gasteiger partial charge in [-0.05, 0) is 56.5 Å². The van der Waals surface area contributed by atoms with Gasteiger partial charge in [-0.1, -0.05) is 13.8 Å². The van der Waals surface area contributed by atoms with Gasteiger partial charge in [0.2, 0.25) is 0 Å². The van der Waals surface area contributed by atoms with Crippen LogP contribution in [0.5, 0.6) is 0 Å². The van der Waals surface area contributed by atoms with Gasteiger partial charge in [0.25, 0.3) is 0 Å². The molecule has 0 aliphatic carbocycles. The van der Waals surface area contributed by atoms with Gasteiger partial charge in [0.05, 0.1) is 5.52 Å². The number of nitrogens with two attached hydrogens (primary N) is 1. The smallest absolute Gasteiger partial charge is 0.0757 e. The van der Waals surface area contributed by atoms with E-state index in [1.54, 1.807) is 0 Å². The van der Waals surface area contributed by atoms with Crippen molar-refractivity contribution in [2.75, 3.05) is 5.73 Å². The van der Waals surface area contributed by atoms with E-state index in [0.717, 1.165) is 28.0 Å². The Labute approximate surface area is 104 Å². The lowest BCUT2D eigenvalue weighted by atomic mass is 10.0. The van der Waals surface area contributed by atoms with Crippen molar-refractivity contribution >= 4 is 16.6 Å². The first kappa shape index (κ1) is 13.5. The minimum Gasteiger partial charge on any atom is -0.398 e. The molecule has 0 saturated carbocycles. The zero-order chi connectivity index (χ0) is 13.2. The number of fused-ring (bicyclic) bond motifs is 1. The van der Waals surface area contributed by atoms with E-state index < -0.39 is 0 Å². The summed E-state index contributed by atoms with van der Waals surface area (Å²) in [5.41, 5.74) is 12.4. The van der Waals surface area contributed by atoms with E-state index in [1.807, 2.05) is 34.6 Å². The van der Waals surface area contributed by atoms with Gasteiger partial charge in [-0.15, -0.1) is 0 Å². The van der Waals surface area contributed by atoms with Crippen LogP contribution in [0.1, 0.15) is 36.2 Å². The lowest BCUT2D eigenvalue weighted by Gasteiger charge is -2.11. The molecule has 0 aliphatic rings. The van der Waals surface area contributed by atoms with Crippen molar-refractivity contribution < 1.29 is 0 Å². The van der Waals surface area contributed by atoms with Crippen LogP contribution in [0.2, 0.25) is 0 Å². The van der Waals surface area contributed by atoms with Crippen LogP contribution in [0.3, 0.4) is 0 Å². The number of hydrogen-bond donors (Lipinski definition) is 1. The first-order valence-electron chi connectivity index (χ1n) is 6.14. The summed E-state index contributed by atoms with van der Waals surface area (Å²) in [4.78, 5) is 4.56. The van der Waals surface area contributed by atoms with Crippen LogP contribution in [0.4, 0.5) is 5.69 Å². The standard InChI is InChI=1S/C13H16N2.C2H6/c1-7-5-9(3)15-13-10(4)12(14)8(2)6-11(7)13;1-2/h5-6H,14H2,1-4H3;1-2H3.